The Labute approximate surface area is 165 Å². The van der Waals surface area contributed by atoms with E-state index in [0.29, 0.717) is 18.0 Å². The number of amides is 2. The minimum Gasteiger partial charge on any atom is -0.488 e. The number of para-hydroxylation sites is 2. The molecule has 6 nitrogen and oxygen atoms in total. The molecule has 2 amide bonds. The molecule has 1 saturated carbocycles. The first-order chi connectivity index (χ1) is 13.5. The Morgan fingerprint density at radius 3 is 2.36 bits per heavy atom. The highest BCUT2D eigenvalue weighted by Gasteiger charge is 2.20. The first-order valence-corrected chi connectivity index (χ1v) is 9.64. The summed E-state index contributed by atoms with van der Waals surface area (Å²) in [7, 11) is 3.94. The third-order valence-electron chi connectivity index (χ3n) is 4.84. The zero-order chi connectivity index (χ0) is 19.9. The SMILES string of the molecule is CN(C)c1ccc(CNC(=O)C(=O)Nc2ccccc2OC2CCCC2)cc1. The van der Waals surface area contributed by atoms with Crippen LogP contribution >= 0.6 is 0 Å². The monoisotopic (exact) mass is 381 g/mol. The summed E-state index contributed by atoms with van der Waals surface area (Å²) in [5, 5.41) is 5.32. The average Bonchev–Trinajstić information content (AvgIpc) is 3.21. The molecule has 0 bridgehead atoms. The summed E-state index contributed by atoms with van der Waals surface area (Å²) in [6.45, 7) is 0.292. The second kappa shape index (κ2) is 9.26. The molecule has 1 aliphatic rings. The lowest BCUT2D eigenvalue weighted by atomic mass is 10.2. The van der Waals surface area contributed by atoms with Crippen LogP contribution in [0.25, 0.3) is 0 Å². The first kappa shape index (κ1) is 19.7. The van der Waals surface area contributed by atoms with Crippen molar-refractivity contribution in [2.24, 2.45) is 0 Å². The van der Waals surface area contributed by atoms with Gasteiger partial charge in [-0.1, -0.05) is 24.3 Å². The molecular weight excluding hydrogens is 354 g/mol. The molecule has 2 N–H and O–H groups in total. The molecule has 2 aromatic rings. The van der Waals surface area contributed by atoms with Gasteiger partial charge < -0.3 is 20.3 Å². The molecule has 3 rings (SSSR count). The molecule has 6 heteroatoms. The molecule has 1 aliphatic carbocycles. The fourth-order valence-corrected chi connectivity index (χ4v) is 3.21. The molecule has 0 unspecified atom stereocenters. The first-order valence-electron chi connectivity index (χ1n) is 9.64. The number of rotatable bonds is 6. The number of ether oxygens (including phenoxy) is 1. The average molecular weight is 381 g/mol. The van der Waals surface area contributed by atoms with Crippen molar-refractivity contribution < 1.29 is 14.3 Å². The number of anilines is 2. The van der Waals surface area contributed by atoms with E-state index in [2.05, 4.69) is 10.6 Å². The topological polar surface area (TPSA) is 70.7 Å². The lowest BCUT2D eigenvalue weighted by Gasteiger charge is -2.16. The van der Waals surface area contributed by atoms with Gasteiger partial charge in [0.25, 0.3) is 0 Å². The lowest BCUT2D eigenvalue weighted by molar-refractivity contribution is -0.136. The van der Waals surface area contributed by atoms with Crippen molar-refractivity contribution in [1.82, 2.24) is 5.32 Å². The van der Waals surface area contributed by atoms with E-state index in [1.807, 2.05) is 55.4 Å². The molecule has 0 aliphatic heterocycles. The second-order valence-electron chi connectivity index (χ2n) is 7.22. The van der Waals surface area contributed by atoms with Crippen LogP contribution in [0.15, 0.2) is 48.5 Å². The predicted molar refractivity (Wildman–Crippen MR) is 111 cm³/mol. The van der Waals surface area contributed by atoms with Gasteiger partial charge in [0.1, 0.15) is 5.75 Å². The fourth-order valence-electron chi connectivity index (χ4n) is 3.21. The number of nitrogens with zero attached hydrogens (tertiary/aromatic N) is 1. The molecule has 2 aromatic carbocycles. The van der Waals surface area contributed by atoms with Gasteiger partial charge >= 0.3 is 11.8 Å². The van der Waals surface area contributed by atoms with E-state index < -0.39 is 11.8 Å². The van der Waals surface area contributed by atoms with Gasteiger partial charge in [0.15, 0.2) is 0 Å². The molecule has 0 atom stereocenters. The highest BCUT2D eigenvalue weighted by atomic mass is 16.5. The van der Waals surface area contributed by atoms with E-state index in [9.17, 15) is 9.59 Å². The number of hydrogen-bond acceptors (Lipinski definition) is 4. The third kappa shape index (κ3) is 5.25. The summed E-state index contributed by atoms with van der Waals surface area (Å²) < 4.78 is 6.00. The number of nitrogens with one attached hydrogen (secondary N) is 2. The Morgan fingerprint density at radius 1 is 1.00 bits per heavy atom. The van der Waals surface area contributed by atoms with Crippen molar-refractivity contribution in [2.45, 2.75) is 38.3 Å². The number of hydrogen-bond donors (Lipinski definition) is 2. The number of carbonyl (C=O) groups is 2. The summed E-state index contributed by atoms with van der Waals surface area (Å²) in [6, 6.07) is 15.0. The van der Waals surface area contributed by atoms with Crippen LogP contribution in [0, 0.1) is 0 Å². The van der Waals surface area contributed by atoms with E-state index >= 15 is 0 Å². The van der Waals surface area contributed by atoms with E-state index in [4.69, 9.17) is 4.74 Å². The van der Waals surface area contributed by atoms with Crippen molar-refractivity contribution in [3.63, 3.8) is 0 Å². The van der Waals surface area contributed by atoms with Gasteiger partial charge in [-0.2, -0.15) is 0 Å². The highest BCUT2D eigenvalue weighted by molar-refractivity contribution is 6.39. The van der Waals surface area contributed by atoms with Crippen molar-refractivity contribution >= 4 is 23.2 Å². The smallest absolute Gasteiger partial charge is 0.313 e. The van der Waals surface area contributed by atoms with Gasteiger partial charge in [0.05, 0.1) is 11.8 Å². The maximum absolute atomic E-state index is 12.3. The Bertz CT molecular complexity index is 812. The van der Waals surface area contributed by atoms with E-state index in [-0.39, 0.29) is 6.10 Å². The van der Waals surface area contributed by atoms with Crippen molar-refractivity contribution in [2.75, 3.05) is 24.3 Å². The van der Waals surface area contributed by atoms with Crippen molar-refractivity contribution in [3.8, 4) is 5.75 Å². The zero-order valence-corrected chi connectivity index (χ0v) is 16.4. The van der Waals surface area contributed by atoms with Gasteiger partial charge in [0.2, 0.25) is 0 Å². The normalized spacial score (nSPS) is 13.8. The number of carbonyl (C=O) groups excluding carboxylic acids is 2. The molecule has 0 aromatic heterocycles. The predicted octanol–water partition coefficient (Wildman–Crippen LogP) is 3.33. The highest BCUT2D eigenvalue weighted by Crippen LogP contribution is 2.29. The zero-order valence-electron chi connectivity index (χ0n) is 16.4. The van der Waals surface area contributed by atoms with E-state index in [0.717, 1.165) is 36.9 Å². The van der Waals surface area contributed by atoms with Crippen LogP contribution in [0.4, 0.5) is 11.4 Å². The minimum atomic E-state index is -0.701. The van der Waals surface area contributed by atoms with Crippen molar-refractivity contribution in [3.05, 3.63) is 54.1 Å². The summed E-state index contributed by atoms with van der Waals surface area (Å²) in [5.41, 5.74) is 2.52. The maximum Gasteiger partial charge on any atom is 0.313 e. The van der Waals surface area contributed by atoms with Crippen LogP contribution in [-0.2, 0) is 16.1 Å². The van der Waals surface area contributed by atoms with E-state index in [1.165, 1.54) is 0 Å². The van der Waals surface area contributed by atoms with Crippen molar-refractivity contribution in [1.29, 1.82) is 0 Å². The molecule has 1 fully saturated rings. The quantitative estimate of drug-likeness (QED) is 0.753. The Morgan fingerprint density at radius 2 is 1.68 bits per heavy atom. The minimum absolute atomic E-state index is 0.178. The number of benzene rings is 2. The summed E-state index contributed by atoms with van der Waals surface area (Å²) in [5.74, 6) is -0.769. The molecule has 0 heterocycles. The molecule has 0 radical (unpaired) electrons. The standard InChI is InChI=1S/C22H27N3O3/c1-25(2)17-13-11-16(12-14-17)15-23-21(26)22(27)24-19-9-5-6-10-20(19)28-18-7-3-4-8-18/h5-6,9-14,18H,3-4,7-8,15H2,1-2H3,(H,23,26)(H,24,27). The molecular formula is C22H27N3O3. The van der Waals surface area contributed by atoms with E-state index in [1.54, 1.807) is 12.1 Å². The lowest BCUT2D eigenvalue weighted by Crippen LogP contribution is -2.35. The largest absolute Gasteiger partial charge is 0.488 e. The molecule has 0 spiro atoms. The summed E-state index contributed by atoms with van der Waals surface area (Å²) in [4.78, 5) is 26.5. The molecule has 28 heavy (non-hydrogen) atoms. The van der Waals surface area contributed by atoms with Crippen LogP contribution in [0.1, 0.15) is 31.2 Å². The van der Waals surface area contributed by atoms with Gasteiger partial charge in [-0.05, 0) is 55.5 Å². The molecule has 148 valence electrons. The van der Waals surface area contributed by atoms with Gasteiger partial charge in [0, 0.05) is 26.3 Å². The van der Waals surface area contributed by atoms with Gasteiger partial charge in [-0.3, -0.25) is 9.59 Å². The van der Waals surface area contributed by atoms with Crippen LogP contribution in [0.3, 0.4) is 0 Å². The van der Waals surface area contributed by atoms with Crippen LogP contribution in [0.5, 0.6) is 5.75 Å². The van der Waals surface area contributed by atoms with Crippen LogP contribution in [0.2, 0.25) is 0 Å². The fraction of sp³-hybridized carbons (Fsp3) is 0.364. The molecule has 0 saturated heterocycles. The van der Waals surface area contributed by atoms with Crippen LogP contribution in [-0.4, -0.2) is 32.0 Å². The van der Waals surface area contributed by atoms with Gasteiger partial charge in [-0.15, -0.1) is 0 Å². The third-order valence-corrected chi connectivity index (χ3v) is 4.84. The Hall–Kier alpha value is -3.02. The van der Waals surface area contributed by atoms with Crippen LogP contribution < -0.4 is 20.3 Å². The summed E-state index contributed by atoms with van der Waals surface area (Å²) >= 11 is 0. The van der Waals surface area contributed by atoms with Gasteiger partial charge in [-0.25, -0.2) is 0 Å². The Kier molecular flexibility index (Phi) is 6.53. The Balaban J connectivity index is 1.54. The summed E-state index contributed by atoms with van der Waals surface area (Å²) in [6.07, 6.45) is 4.55. The maximum atomic E-state index is 12.3. The second-order valence-corrected chi connectivity index (χ2v) is 7.22.